The average Bonchev–Trinajstić information content (AvgIpc) is 2.92. The molecule has 0 aromatic heterocycles. The molecular formula is C21H29FN2O2. The Morgan fingerprint density at radius 3 is 2.31 bits per heavy atom. The van der Waals surface area contributed by atoms with Crippen LogP contribution in [0.15, 0.2) is 24.3 Å². The largest absolute Gasteiger partial charge is 0.353 e. The molecular weight excluding hydrogens is 331 g/mol. The summed E-state index contributed by atoms with van der Waals surface area (Å²) in [4.78, 5) is 26.7. The Labute approximate surface area is 155 Å². The van der Waals surface area contributed by atoms with Gasteiger partial charge in [0.25, 0.3) is 0 Å². The third-order valence-corrected chi connectivity index (χ3v) is 5.72. The number of hydrogen-bond donors (Lipinski definition) is 1. The van der Waals surface area contributed by atoms with Gasteiger partial charge in [-0.2, -0.15) is 0 Å². The first-order chi connectivity index (χ1) is 12.6. The zero-order chi connectivity index (χ0) is 18.4. The molecule has 2 amide bonds. The van der Waals surface area contributed by atoms with Gasteiger partial charge in [-0.25, -0.2) is 4.39 Å². The summed E-state index contributed by atoms with van der Waals surface area (Å²) in [5.41, 5.74) is 0.436. The van der Waals surface area contributed by atoms with Gasteiger partial charge in [0, 0.05) is 25.0 Å². The smallest absolute Gasteiger partial charge is 0.227 e. The standard InChI is InChI=1S/C21H29FN2O2/c22-19-10-6-5-7-17(19)15-20(25)24-13-11-16(12-14-24)21(26)23-18-8-3-1-2-4-9-18/h5-7,10,16,18H,1-4,8-9,11-15H2,(H,23,26). The molecule has 0 atom stereocenters. The number of benzene rings is 1. The molecule has 0 bridgehead atoms. The highest BCUT2D eigenvalue weighted by Gasteiger charge is 2.28. The van der Waals surface area contributed by atoms with Crippen molar-refractivity contribution >= 4 is 11.8 Å². The lowest BCUT2D eigenvalue weighted by molar-refractivity contribution is -0.135. The molecule has 1 N–H and O–H groups in total. The Morgan fingerprint density at radius 2 is 1.65 bits per heavy atom. The summed E-state index contributed by atoms with van der Waals surface area (Å²) in [6.45, 7) is 1.16. The second-order valence-corrected chi connectivity index (χ2v) is 7.62. The monoisotopic (exact) mass is 360 g/mol. The number of carbonyl (C=O) groups is 2. The van der Waals surface area contributed by atoms with Gasteiger partial charge in [0.05, 0.1) is 6.42 Å². The van der Waals surface area contributed by atoms with E-state index in [1.54, 1.807) is 23.1 Å². The van der Waals surface area contributed by atoms with E-state index in [0.29, 0.717) is 37.5 Å². The number of piperidine rings is 1. The van der Waals surface area contributed by atoms with Crippen LogP contribution in [0.3, 0.4) is 0 Å². The number of rotatable bonds is 4. The third-order valence-electron chi connectivity index (χ3n) is 5.72. The van der Waals surface area contributed by atoms with Crippen molar-refractivity contribution in [3.8, 4) is 0 Å². The number of carbonyl (C=O) groups excluding carboxylic acids is 2. The molecule has 1 aliphatic heterocycles. The van der Waals surface area contributed by atoms with E-state index >= 15 is 0 Å². The number of hydrogen-bond acceptors (Lipinski definition) is 2. The number of nitrogens with one attached hydrogen (secondary N) is 1. The van der Waals surface area contributed by atoms with Crippen LogP contribution < -0.4 is 5.32 Å². The first-order valence-electron chi connectivity index (χ1n) is 9.95. The predicted molar refractivity (Wildman–Crippen MR) is 99.0 cm³/mol. The lowest BCUT2D eigenvalue weighted by atomic mass is 9.94. The van der Waals surface area contributed by atoms with Gasteiger partial charge < -0.3 is 10.2 Å². The molecule has 1 saturated carbocycles. The highest BCUT2D eigenvalue weighted by molar-refractivity contribution is 5.81. The van der Waals surface area contributed by atoms with Gasteiger partial charge >= 0.3 is 0 Å². The number of nitrogens with zero attached hydrogens (tertiary/aromatic N) is 1. The molecule has 0 spiro atoms. The third kappa shape index (κ3) is 5.05. The van der Waals surface area contributed by atoms with Crippen LogP contribution in [-0.4, -0.2) is 35.8 Å². The lowest BCUT2D eigenvalue weighted by Crippen LogP contribution is -2.45. The molecule has 0 radical (unpaired) electrons. The fourth-order valence-corrected chi connectivity index (χ4v) is 4.05. The van der Waals surface area contributed by atoms with E-state index in [4.69, 9.17) is 0 Å². The van der Waals surface area contributed by atoms with Gasteiger partial charge in [-0.1, -0.05) is 43.9 Å². The van der Waals surface area contributed by atoms with Crippen LogP contribution in [0.25, 0.3) is 0 Å². The summed E-state index contributed by atoms with van der Waals surface area (Å²) in [6.07, 6.45) is 8.61. The first kappa shape index (κ1) is 18.9. The van der Waals surface area contributed by atoms with Crippen LogP contribution in [0.5, 0.6) is 0 Å². The highest BCUT2D eigenvalue weighted by Crippen LogP contribution is 2.21. The summed E-state index contributed by atoms with van der Waals surface area (Å²) >= 11 is 0. The fourth-order valence-electron chi connectivity index (χ4n) is 4.05. The normalized spacial score (nSPS) is 19.8. The van der Waals surface area contributed by atoms with Crippen molar-refractivity contribution in [1.82, 2.24) is 10.2 Å². The van der Waals surface area contributed by atoms with E-state index in [-0.39, 0.29) is 30.0 Å². The maximum atomic E-state index is 13.7. The van der Waals surface area contributed by atoms with E-state index in [1.807, 2.05) is 0 Å². The topological polar surface area (TPSA) is 49.4 Å². The van der Waals surface area contributed by atoms with Crippen LogP contribution in [0.2, 0.25) is 0 Å². The van der Waals surface area contributed by atoms with Crippen LogP contribution in [0.4, 0.5) is 4.39 Å². The summed E-state index contributed by atoms with van der Waals surface area (Å²) in [5, 5.41) is 3.23. The maximum Gasteiger partial charge on any atom is 0.227 e. The van der Waals surface area contributed by atoms with Crippen LogP contribution in [-0.2, 0) is 16.0 Å². The van der Waals surface area contributed by atoms with Crippen LogP contribution in [0, 0.1) is 11.7 Å². The molecule has 3 rings (SSSR count). The van der Waals surface area contributed by atoms with Gasteiger partial charge in [0.15, 0.2) is 0 Å². The number of likely N-dealkylation sites (tertiary alicyclic amines) is 1. The minimum absolute atomic E-state index is 0.00392. The summed E-state index contributed by atoms with van der Waals surface area (Å²) in [6, 6.07) is 6.73. The SMILES string of the molecule is O=C(NC1CCCCCC1)C1CCN(C(=O)Cc2ccccc2F)CC1. The van der Waals surface area contributed by atoms with Gasteiger partial charge in [-0.15, -0.1) is 0 Å². The molecule has 1 aliphatic carbocycles. The van der Waals surface area contributed by atoms with E-state index in [2.05, 4.69) is 5.32 Å². The second-order valence-electron chi connectivity index (χ2n) is 7.62. The van der Waals surface area contributed by atoms with Crippen molar-refractivity contribution < 1.29 is 14.0 Å². The minimum atomic E-state index is -0.335. The van der Waals surface area contributed by atoms with Gasteiger partial charge in [-0.3, -0.25) is 9.59 Å². The molecule has 142 valence electrons. The molecule has 2 fully saturated rings. The van der Waals surface area contributed by atoms with E-state index in [9.17, 15) is 14.0 Å². The zero-order valence-corrected chi connectivity index (χ0v) is 15.4. The van der Waals surface area contributed by atoms with Crippen LogP contribution in [0.1, 0.15) is 56.9 Å². The Kier molecular flexibility index (Phi) is 6.64. The van der Waals surface area contributed by atoms with Crippen molar-refractivity contribution in [3.05, 3.63) is 35.6 Å². The molecule has 2 aliphatic rings. The van der Waals surface area contributed by atoms with Gasteiger partial charge in [0.1, 0.15) is 5.82 Å². The molecule has 26 heavy (non-hydrogen) atoms. The Balaban J connectivity index is 1.45. The van der Waals surface area contributed by atoms with E-state index in [1.165, 1.54) is 31.7 Å². The molecule has 1 heterocycles. The quantitative estimate of drug-likeness (QED) is 0.836. The Hall–Kier alpha value is -1.91. The second kappa shape index (κ2) is 9.15. The number of halogens is 1. The molecule has 5 heteroatoms. The zero-order valence-electron chi connectivity index (χ0n) is 15.4. The maximum absolute atomic E-state index is 13.7. The molecule has 1 aromatic carbocycles. The molecule has 1 aromatic rings. The highest BCUT2D eigenvalue weighted by atomic mass is 19.1. The summed E-state index contributed by atoms with van der Waals surface area (Å²) < 4.78 is 13.7. The molecule has 1 saturated heterocycles. The fraction of sp³-hybridized carbons (Fsp3) is 0.619. The Morgan fingerprint density at radius 1 is 1.00 bits per heavy atom. The van der Waals surface area contributed by atoms with Gasteiger partial charge in [0.2, 0.25) is 11.8 Å². The Bertz CT molecular complexity index is 618. The van der Waals surface area contributed by atoms with E-state index < -0.39 is 0 Å². The lowest BCUT2D eigenvalue weighted by Gasteiger charge is -2.32. The predicted octanol–water partition coefficient (Wildman–Crippen LogP) is 3.45. The van der Waals surface area contributed by atoms with Crippen LogP contribution >= 0.6 is 0 Å². The van der Waals surface area contributed by atoms with E-state index in [0.717, 1.165) is 12.8 Å². The number of amides is 2. The van der Waals surface area contributed by atoms with Crippen molar-refractivity contribution in [3.63, 3.8) is 0 Å². The molecule has 4 nitrogen and oxygen atoms in total. The minimum Gasteiger partial charge on any atom is -0.353 e. The summed E-state index contributed by atoms with van der Waals surface area (Å²) in [5.74, 6) is -0.245. The summed E-state index contributed by atoms with van der Waals surface area (Å²) in [7, 11) is 0. The molecule has 0 unspecified atom stereocenters. The van der Waals surface area contributed by atoms with Crippen molar-refractivity contribution in [2.75, 3.05) is 13.1 Å². The first-order valence-corrected chi connectivity index (χ1v) is 9.95. The van der Waals surface area contributed by atoms with Crippen molar-refractivity contribution in [1.29, 1.82) is 0 Å². The van der Waals surface area contributed by atoms with Crippen molar-refractivity contribution in [2.24, 2.45) is 5.92 Å². The van der Waals surface area contributed by atoms with Gasteiger partial charge in [-0.05, 0) is 37.3 Å². The van der Waals surface area contributed by atoms with Crippen molar-refractivity contribution in [2.45, 2.75) is 63.8 Å². The average molecular weight is 360 g/mol.